The number of nitrogens with two attached hydrogens (primary N) is 1. The molecule has 1 aromatic rings. The SMILES string of the molecule is Cc1c(N)cccc1C(=O)C(C)(C)C. The molecule has 2 N–H and O–H groups in total. The zero-order valence-electron chi connectivity index (χ0n) is 9.22. The van der Waals surface area contributed by atoms with Gasteiger partial charge in [0.2, 0.25) is 0 Å². The van der Waals surface area contributed by atoms with Gasteiger partial charge >= 0.3 is 0 Å². The maximum Gasteiger partial charge on any atom is 0.168 e. The molecule has 1 aromatic carbocycles. The van der Waals surface area contributed by atoms with Gasteiger partial charge in [0.1, 0.15) is 0 Å². The third kappa shape index (κ3) is 1.95. The fraction of sp³-hybridized carbons (Fsp3) is 0.417. The molecule has 0 aromatic heterocycles. The van der Waals surface area contributed by atoms with Gasteiger partial charge < -0.3 is 5.73 Å². The number of carbonyl (C=O) groups excluding carboxylic acids is 1. The van der Waals surface area contributed by atoms with Crippen LogP contribution in [0.2, 0.25) is 0 Å². The molecule has 76 valence electrons. The molecule has 2 nitrogen and oxygen atoms in total. The molecule has 0 aliphatic heterocycles. The van der Waals surface area contributed by atoms with Crippen molar-refractivity contribution in [1.29, 1.82) is 0 Å². The van der Waals surface area contributed by atoms with Gasteiger partial charge in [-0.15, -0.1) is 0 Å². The first kappa shape index (κ1) is 10.8. The van der Waals surface area contributed by atoms with Gasteiger partial charge in [0, 0.05) is 16.7 Å². The molecule has 0 saturated carbocycles. The van der Waals surface area contributed by atoms with Gasteiger partial charge in [0.05, 0.1) is 0 Å². The highest BCUT2D eigenvalue weighted by molar-refractivity contribution is 6.01. The third-order valence-corrected chi connectivity index (χ3v) is 2.30. The van der Waals surface area contributed by atoms with Crippen molar-refractivity contribution in [2.45, 2.75) is 27.7 Å². The average molecular weight is 191 g/mol. The molecule has 0 atom stereocenters. The van der Waals surface area contributed by atoms with Crippen LogP contribution in [0.1, 0.15) is 36.7 Å². The first-order chi connectivity index (χ1) is 6.34. The Morgan fingerprint density at radius 3 is 2.36 bits per heavy atom. The molecular formula is C12H17NO. The average Bonchev–Trinajstić information content (AvgIpc) is 2.07. The number of benzene rings is 1. The van der Waals surface area contributed by atoms with Crippen molar-refractivity contribution in [1.82, 2.24) is 0 Å². The Kier molecular flexibility index (Phi) is 2.65. The minimum Gasteiger partial charge on any atom is -0.398 e. The van der Waals surface area contributed by atoms with E-state index in [1.165, 1.54) is 0 Å². The zero-order valence-corrected chi connectivity index (χ0v) is 9.22. The smallest absolute Gasteiger partial charge is 0.168 e. The summed E-state index contributed by atoms with van der Waals surface area (Å²) in [6.07, 6.45) is 0. The molecule has 0 aliphatic carbocycles. The molecule has 0 radical (unpaired) electrons. The number of Topliss-reactive ketones (excluding diaryl/α,β-unsaturated/α-hetero) is 1. The van der Waals surface area contributed by atoms with Crippen LogP contribution in [0.25, 0.3) is 0 Å². The van der Waals surface area contributed by atoms with Crippen LogP contribution in [0.4, 0.5) is 5.69 Å². The van der Waals surface area contributed by atoms with Crippen molar-refractivity contribution in [2.24, 2.45) is 5.41 Å². The third-order valence-electron chi connectivity index (χ3n) is 2.30. The molecule has 0 heterocycles. The molecule has 2 heteroatoms. The van der Waals surface area contributed by atoms with Crippen LogP contribution in [0.3, 0.4) is 0 Å². The summed E-state index contributed by atoms with van der Waals surface area (Å²) in [7, 11) is 0. The second-order valence-electron chi connectivity index (χ2n) is 4.60. The lowest BCUT2D eigenvalue weighted by atomic mass is 9.84. The monoisotopic (exact) mass is 191 g/mol. The van der Waals surface area contributed by atoms with E-state index in [-0.39, 0.29) is 11.2 Å². The second-order valence-corrected chi connectivity index (χ2v) is 4.60. The predicted octanol–water partition coefficient (Wildman–Crippen LogP) is 2.81. The van der Waals surface area contributed by atoms with Gasteiger partial charge in [-0.3, -0.25) is 4.79 Å². The molecule has 0 bridgehead atoms. The molecule has 0 amide bonds. The van der Waals surface area contributed by atoms with Gasteiger partial charge in [-0.25, -0.2) is 0 Å². The van der Waals surface area contributed by atoms with E-state index in [0.29, 0.717) is 5.69 Å². The fourth-order valence-corrected chi connectivity index (χ4v) is 1.30. The number of anilines is 1. The van der Waals surface area contributed by atoms with E-state index >= 15 is 0 Å². The van der Waals surface area contributed by atoms with Gasteiger partial charge in [-0.1, -0.05) is 32.9 Å². The highest BCUT2D eigenvalue weighted by atomic mass is 16.1. The van der Waals surface area contributed by atoms with E-state index in [4.69, 9.17) is 5.73 Å². The summed E-state index contributed by atoms with van der Waals surface area (Å²) >= 11 is 0. The van der Waals surface area contributed by atoms with Gasteiger partial charge in [0.25, 0.3) is 0 Å². The van der Waals surface area contributed by atoms with Crippen LogP contribution in [0, 0.1) is 12.3 Å². The molecule has 0 saturated heterocycles. The van der Waals surface area contributed by atoms with E-state index in [2.05, 4.69) is 0 Å². The van der Waals surface area contributed by atoms with Crippen molar-refractivity contribution in [3.63, 3.8) is 0 Å². The quantitative estimate of drug-likeness (QED) is 0.548. The second kappa shape index (κ2) is 3.45. The summed E-state index contributed by atoms with van der Waals surface area (Å²) < 4.78 is 0. The van der Waals surface area contributed by atoms with Crippen LogP contribution in [0.15, 0.2) is 18.2 Å². The van der Waals surface area contributed by atoms with Gasteiger partial charge in [-0.2, -0.15) is 0 Å². The highest BCUT2D eigenvalue weighted by Crippen LogP contribution is 2.25. The van der Waals surface area contributed by atoms with E-state index in [1.54, 1.807) is 0 Å². The Balaban J connectivity index is 3.21. The van der Waals surface area contributed by atoms with Crippen LogP contribution in [0.5, 0.6) is 0 Å². The van der Waals surface area contributed by atoms with Crippen LogP contribution in [-0.4, -0.2) is 5.78 Å². The van der Waals surface area contributed by atoms with E-state index < -0.39 is 0 Å². The minimum absolute atomic E-state index is 0.141. The summed E-state index contributed by atoms with van der Waals surface area (Å²) in [6, 6.07) is 5.47. The van der Waals surface area contributed by atoms with Crippen molar-refractivity contribution in [3.8, 4) is 0 Å². The molecule has 14 heavy (non-hydrogen) atoms. The van der Waals surface area contributed by atoms with E-state index in [1.807, 2.05) is 45.9 Å². The number of carbonyl (C=O) groups is 1. The molecule has 0 spiro atoms. The Bertz CT molecular complexity index is 361. The first-order valence-electron chi connectivity index (χ1n) is 4.74. The van der Waals surface area contributed by atoms with Crippen molar-refractivity contribution < 1.29 is 4.79 Å². The Morgan fingerprint density at radius 2 is 1.86 bits per heavy atom. The predicted molar refractivity (Wildman–Crippen MR) is 59.4 cm³/mol. The number of rotatable bonds is 1. The lowest BCUT2D eigenvalue weighted by molar-refractivity contribution is 0.0857. The Labute approximate surface area is 85.1 Å². The maximum atomic E-state index is 12.0. The lowest BCUT2D eigenvalue weighted by Crippen LogP contribution is -2.21. The largest absolute Gasteiger partial charge is 0.398 e. The van der Waals surface area contributed by atoms with Crippen molar-refractivity contribution in [2.75, 3.05) is 5.73 Å². The molecule has 0 fully saturated rings. The van der Waals surface area contributed by atoms with Gasteiger partial charge in [-0.05, 0) is 18.6 Å². The highest BCUT2D eigenvalue weighted by Gasteiger charge is 2.24. The van der Waals surface area contributed by atoms with E-state index in [0.717, 1.165) is 11.1 Å². The van der Waals surface area contributed by atoms with E-state index in [9.17, 15) is 4.79 Å². The lowest BCUT2D eigenvalue weighted by Gasteiger charge is -2.18. The fourth-order valence-electron chi connectivity index (χ4n) is 1.30. The Hall–Kier alpha value is -1.31. The van der Waals surface area contributed by atoms with Gasteiger partial charge in [0.15, 0.2) is 5.78 Å². The van der Waals surface area contributed by atoms with Crippen LogP contribution < -0.4 is 5.73 Å². The summed E-state index contributed by atoms with van der Waals surface area (Å²) in [5, 5.41) is 0. The summed E-state index contributed by atoms with van der Waals surface area (Å²) in [4.78, 5) is 12.0. The molecule has 1 rings (SSSR count). The molecule has 0 unspecified atom stereocenters. The topological polar surface area (TPSA) is 43.1 Å². The number of nitrogen functional groups attached to an aromatic ring is 1. The summed E-state index contributed by atoms with van der Waals surface area (Å²) in [5.41, 5.74) is 7.70. The standard InChI is InChI=1S/C12H17NO/c1-8-9(6-5-7-10(8)13)11(14)12(2,3)4/h5-7H,13H2,1-4H3. The molecule has 0 aliphatic rings. The first-order valence-corrected chi connectivity index (χ1v) is 4.74. The summed E-state index contributed by atoms with van der Waals surface area (Å²) in [5.74, 6) is 0.141. The molecular weight excluding hydrogens is 174 g/mol. The maximum absolute atomic E-state index is 12.0. The van der Waals surface area contributed by atoms with Crippen molar-refractivity contribution >= 4 is 11.5 Å². The number of hydrogen-bond donors (Lipinski definition) is 1. The zero-order chi connectivity index (χ0) is 10.9. The number of ketones is 1. The number of hydrogen-bond acceptors (Lipinski definition) is 2. The Morgan fingerprint density at radius 1 is 1.29 bits per heavy atom. The van der Waals surface area contributed by atoms with Crippen LogP contribution >= 0.6 is 0 Å². The summed E-state index contributed by atoms with van der Waals surface area (Å²) in [6.45, 7) is 7.63. The van der Waals surface area contributed by atoms with Crippen molar-refractivity contribution in [3.05, 3.63) is 29.3 Å². The van der Waals surface area contributed by atoms with Crippen LogP contribution in [-0.2, 0) is 0 Å². The minimum atomic E-state index is -0.349. The normalized spacial score (nSPS) is 11.4.